The molecule has 19 heavy (non-hydrogen) atoms. The van der Waals surface area contributed by atoms with E-state index in [9.17, 15) is 9.18 Å². The molecule has 0 aliphatic carbocycles. The summed E-state index contributed by atoms with van der Waals surface area (Å²) in [4.78, 5) is 15.7. The van der Waals surface area contributed by atoms with Crippen molar-refractivity contribution in [1.29, 1.82) is 0 Å². The monoisotopic (exact) mass is 299 g/mol. The van der Waals surface area contributed by atoms with E-state index in [4.69, 9.17) is 28.9 Å². The molecular weight excluding hydrogens is 292 g/mol. The van der Waals surface area contributed by atoms with E-state index in [1.165, 1.54) is 30.6 Å². The number of benzene rings is 1. The van der Waals surface area contributed by atoms with E-state index in [2.05, 4.69) is 10.3 Å². The van der Waals surface area contributed by atoms with Gasteiger partial charge in [-0.15, -0.1) is 0 Å². The van der Waals surface area contributed by atoms with Gasteiger partial charge in [-0.2, -0.15) is 0 Å². The lowest BCUT2D eigenvalue weighted by atomic mass is 10.2. The van der Waals surface area contributed by atoms with Crippen molar-refractivity contribution in [2.24, 2.45) is 0 Å². The average Bonchev–Trinajstić information content (AvgIpc) is 2.36. The summed E-state index contributed by atoms with van der Waals surface area (Å²) >= 11 is 11.3. The topological polar surface area (TPSA) is 68.0 Å². The average molecular weight is 300 g/mol. The standard InChI is InChI=1S/C12H8Cl2FN3O/c13-8-3-6(4-9(14)11(8)15)18-12(19)7-1-2-17-5-10(7)16/h1-5H,16H2,(H,18,19). The van der Waals surface area contributed by atoms with Crippen molar-refractivity contribution in [3.8, 4) is 0 Å². The summed E-state index contributed by atoms with van der Waals surface area (Å²) in [5, 5.41) is 2.17. The van der Waals surface area contributed by atoms with E-state index in [1.807, 2.05) is 0 Å². The summed E-state index contributed by atoms with van der Waals surface area (Å²) in [6.45, 7) is 0. The molecule has 0 saturated heterocycles. The number of pyridine rings is 1. The van der Waals surface area contributed by atoms with E-state index < -0.39 is 11.7 Å². The highest BCUT2D eigenvalue weighted by molar-refractivity contribution is 6.35. The molecule has 0 aliphatic rings. The highest BCUT2D eigenvalue weighted by Crippen LogP contribution is 2.27. The molecule has 1 heterocycles. The minimum absolute atomic E-state index is 0.175. The Kier molecular flexibility index (Phi) is 3.87. The number of anilines is 2. The Bertz CT molecular complexity index is 626. The van der Waals surface area contributed by atoms with Gasteiger partial charge in [-0.25, -0.2) is 4.39 Å². The second kappa shape index (κ2) is 5.42. The van der Waals surface area contributed by atoms with Crippen LogP contribution in [0, 0.1) is 5.82 Å². The van der Waals surface area contributed by atoms with Gasteiger partial charge >= 0.3 is 0 Å². The van der Waals surface area contributed by atoms with Gasteiger partial charge in [-0.1, -0.05) is 23.2 Å². The summed E-state index contributed by atoms with van der Waals surface area (Å²) < 4.78 is 13.2. The maximum absolute atomic E-state index is 13.2. The third-order valence-electron chi connectivity index (χ3n) is 2.34. The van der Waals surface area contributed by atoms with Gasteiger partial charge in [0.1, 0.15) is 0 Å². The van der Waals surface area contributed by atoms with Gasteiger partial charge in [-0.3, -0.25) is 9.78 Å². The zero-order valence-electron chi connectivity index (χ0n) is 9.45. The molecule has 7 heteroatoms. The van der Waals surface area contributed by atoms with E-state index in [0.29, 0.717) is 0 Å². The van der Waals surface area contributed by atoms with Crippen LogP contribution in [0.15, 0.2) is 30.6 Å². The number of amides is 1. The Labute approximate surface area is 118 Å². The fourth-order valence-electron chi connectivity index (χ4n) is 1.44. The lowest BCUT2D eigenvalue weighted by Gasteiger charge is -2.08. The van der Waals surface area contributed by atoms with Gasteiger partial charge in [0.05, 0.1) is 27.5 Å². The third kappa shape index (κ3) is 2.94. The summed E-state index contributed by atoms with van der Waals surface area (Å²) in [5.41, 5.74) is 6.39. The molecule has 98 valence electrons. The van der Waals surface area contributed by atoms with Crippen LogP contribution >= 0.6 is 23.2 Å². The van der Waals surface area contributed by atoms with Gasteiger partial charge < -0.3 is 11.1 Å². The van der Waals surface area contributed by atoms with E-state index >= 15 is 0 Å². The van der Waals surface area contributed by atoms with Crippen LogP contribution < -0.4 is 11.1 Å². The Hall–Kier alpha value is -1.85. The maximum Gasteiger partial charge on any atom is 0.257 e. The SMILES string of the molecule is Nc1cnccc1C(=O)Nc1cc(Cl)c(F)c(Cl)c1. The third-order valence-corrected chi connectivity index (χ3v) is 2.89. The van der Waals surface area contributed by atoms with Crippen LogP contribution in [0.2, 0.25) is 10.0 Å². The number of nitrogens with zero attached hydrogens (tertiary/aromatic N) is 1. The first kappa shape index (κ1) is 13.6. The van der Waals surface area contributed by atoms with Crippen molar-refractivity contribution < 1.29 is 9.18 Å². The van der Waals surface area contributed by atoms with Gasteiger partial charge in [0, 0.05) is 11.9 Å². The number of nitrogen functional groups attached to an aromatic ring is 1. The Morgan fingerprint density at radius 1 is 1.32 bits per heavy atom. The molecule has 1 aromatic carbocycles. The van der Waals surface area contributed by atoms with Crippen molar-refractivity contribution in [3.05, 3.63) is 52.0 Å². The van der Waals surface area contributed by atoms with Crippen molar-refractivity contribution >= 4 is 40.5 Å². The summed E-state index contributed by atoms with van der Waals surface area (Å²) in [7, 11) is 0. The molecule has 2 rings (SSSR count). The second-order valence-corrected chi connectivity index (χ2v) is 4.49. The van der Waals surface area contributed by atoms with Crippen LogP contribution in [-0.2, 0) is 0 Å². The molecule has 4 nitrogen and oxygen atoms in total. The Balaban J connectivity index is 2.27. The lowest BCUT2D eigenvalue weighted by molar-refractivity contribution is 0.102. The van der Waals surface area contributed by atoms with E-state index in [1.54, 1.807) is 0 Å². The number of hydrogen-bond donors (Lipinski definition) is 2. The molecule has 0 bridgehead atoms. The Morgan fingerprint density at radius 2 is 1.95 bits per heavy atom. The van der Waals surface area contributed by atoms with E-state index in [-0.39, 0.29) is 27.0 Å². The van der Waals surface area contributed by atoms with Crippen molar-refractivity contribution in [1.82, 2.24) is 4.98 Å². The van der Waals surface area contributed by atoms with Crippen LogP contribution in [0.1, 0.15) is 10.4 Å². The number of carbonyl (C=O) groups is 1. The Morgan fingerprint density at radius 3 is 2.53 bits per heavy atom. The number of halogens is 3. The number of nitrogens with two attached hydrogens (primary N) is 1. The molecule has 0 atom stereocenters. The smallest absolute Gasteiger partial charge is 0.257 e. The number of carbonyl (C=O) groups excluding carboxylic acids is 1. The van der Waals surface area contributed by atoms with Gasteiger partial charge in [0.2, 0.25) is 0 Å². The molecule has 1 aromatic heterocycles. The molecule has 0 radical (unpaired) electrons. The van der Waals surface area contributed by atoms with Crippen LogP contribution in [0.25, 0.3) is 0 Å². The first-order valence-electron chi connectivity index (χ1n) is 5.14. The number of hydrogen-bond acceptors (Lipinski definition) is 3. The van der Waals surface area contributed by atoms with E-state index in [0.717, 1.165) is 0 Å². The molecule has 0 spiro atoms. The molecular formula is C12H8Cl2FN3O. The number of aromatic nitrogens is 1. The van der Waals surface area contributed by atoms with Crippen LogP contribution in [0.3, 0.4) is 0 Å². The van der Waals surface area contributed by atoms with Crippen molar-refractivity contribution in [2.75, 3.05) is 11.1 Å². The quantitative estimate of drug-likeness (QED) is 0.836. The summed E-state index contributed by atoms with van der Waals surface area (Å²) in [6.07, 6.45) is 2.80. The zero-order valence-corrected chi connectivity index (χ0v) is 11.0. The molecule has 0 saturated carbocycles. The lowest BCUT2D eigenvalue weighted by Crippen LogP contribution is -2.14. The molecule has 0 aliphatic heterocycles. The fourth-order valence-corrected chi connectivity index (χ4v) is 1.93. The summed E-state index contributed by atoms with van der Waals surface area (Å²) in [5.74, 6) is -1.19. The second-order valence-electron chi connectivity index (χ2n) is 3.67. The highest BCUT2D eigenvalue weighted by Gasteiger charge is 2.12. The predicted octanol–water partition coefficient (Wildman–Crippen LogP) is 3.36. The molecule has 0 fully saturated rings. The van der Waals surface area contributed by atoms with Crippen molar-refractivity contribution in [2.45, 2.75) is 0 Å². The molecule has 2 aromatic rings. The maximum atomic E-state index is 13.2. The van der Waals surface area contributed by atoms with Crippen LogP contribution in [0.4, 0.5) is 15.8 Å². The first-order valence-corrected chi connectivity index (χ1v) is 5.90. The van der Waals surface area contributed by atoms with Crippen LogP contribution in [-0.4, -0.2) is 10.9 Å². The zero-order chi connectivity index (χ0) is 14.0. The van der Waals surface area contributed by atoms with Crippen LogP contribution in [0.5, 0.6) is 0 Å². The van der Waals surface area contributed by atoms with Gasteiger partial charge in [0.15, 0.2) is 5.82 Å². The van der Waals surface area contributed by atoms with Gasteiger partial charge in [0.25, 0.3) is 5.91 Å². The molecule has 1 amide bonds. The minimum Gasteiger partial charge on any atom is -0.397 e. The normalized spacial score (nSPS) is 10.3. The largest absolute Gasteiger partial charge is 0.397 e. The fraction of sp³-hybridized carbons (Fsp3) is 0. The first-order chi connectivity index (χ1) is 8.99. The number of nitrogens with one attached hydrogen (secondary N) is 1. The molecule has 3 N–H and O–H groups in total. The number of rotatable bonds is 2. The van der Waals surface area contributed by atoms with Gasteiger partial charge in [-0.05, 0) is 18.2 Å². The summed E-state index contributed by atoms with van der Waals surface area (Å²) in [6, 6.07) is 3.99. The van der Waals surface area contributed by atoms with Crippen molar-refractivity contribution in [3.63, 3.8) is 0 Å². The molecule has 0 unspecified atom stereocenters. The predicted molar refractivity (Wildman–Crippen MR) is 73.0 cm³/mol. The minimum atomic E-state index is -0.732. The highest BCUT2D eigenvalue weighted by atomic mass is 35.5.